The highest BCUT2D eigenvalue weighted by Crippen LogP contribution is 2.03. The van der Waals surface area contributed by atoms with Crippen LogP contribution in [0.3, 0.4) is 0 Å². The molecule has 0 aliphatic carbocycles. The number of nitriles is 1. The van der Waals surface area contributed by atoms with Crippen LogP contribution in [0.2, 0.25) is 0 Å². The predicted octanol–water partition coefficient (Wildman–Crippen LogP) is 1.29. The first kappa shape index (κ1) is 4.93. The van der Waals surface area contributed by atoms with E-state index in [0.717, 1.165) is 0 Å². The van der Waals surface area contributed by atoms with Crippen LogP contribution in [-0.4, -0.2) is 0 Å². The summed E-state index contributed by atoms with van der Waals surface area (Å²) in [4.78, 5) is 0. The average Bonchev–Trinajstić information content (AvgIpc) is 1.41. The Bertz CT molecular complexity index is 50.1. The second-order valence-corrected chi connectivity index (χ2v) is 0.908. The molecule has 28 valence electrons. The number of nitrogens with zero attached hydrogens (tertiary/aromatic N) is 1. The summed E-state index contributed by atoms with van der Waals surface area (Å²) in [5, 5.41) is 7.49. The Kier molecular flexibility index (Phi) is 3.87. The molecule has 0 radical (unpaired) electrons. The predicted molar refractivity (Wildman–Crippen MR) is 20.1 cm³/mol. The van der Waals surface area contributed by atoms with E-state index in [1.807, 2.05) is 0 Å². The Morgan fingerprint density at radius 2 is 2.60 bits per heavy atom. The molecule has 2 nitrogen and oxygen atoms in total. The SMILES string of the molecule is N#COSCl. The van der Waals surface area contributed by atoms with Crippen LogP contribution >= 0.6 is 21.9 Å². The van der Waals surface area contributed by atoms with Crippen molar-refractivity contribution in [1.29, 1.82) is 5.26 Å². The van der Waals surface area contributed by atoms with Crippen molar-refractivity contribution < 1.29 is 4.18 Å². The van der Waals surface area contributed by atoms with Crippen LogP contribution in [0.1, 0.15) is 0 Å². The van der Waals surface area contributed by atoms with Crippen LogP contribution in [0.15, 0.2) is 0 Å². The summed E-state index contributed by atoms with van der Waals surface area (Å²) in [6, 6.07) is 0. The maximum atomic E-state index is 7.49. The second-order valence-electron chi connectivity index (χ2n) is 0.238. The number of hydrogen-bond acceptors (Lipinski definition) is 3. The van der Waals surface area contributed by atoms with Crippen molar-refractivity contribution in [3.05, 3.63) is 0 Å². The molecule has 0 amide bonds. The Morgan fingerprint density at radius 1 is 2.00 bits per heavy atom. The fourth-order valence-electron chi connectivity index (χ4n) is 0.0141. The molecule has 0 saturated carbocycles. The number of rotatable bonds is 1. The van der Waals surface area contributed by atoms with Crippen LogP contribution in [-0.2, 0) is 4.18 Å². The Labute approximate surface area is 38.4 Å². The lowest BCUT2D eigenvalue weighted by Gasteiger charge is -1.68. The molecule has 0 aliphatic heterocycles. The Morgan fingerprint density at radius 3 is 2.60 bits per heavy atom. The Balaban J connectivity index is 2.48. The molecule has 0 rings (SSSR count). The number of halogens is 1. The molecule has 0 spiro atoms. The van der Waals surface area contributed by atoms with Crippen molar-refractivity contribution in [3.8, 4) is 6.26 Å². The van der Waals surface area contributed by atoms with E-state index in [1.54, 1.807) is 0 Å². The molecule has 0 aromatic rings. The van der Waals surface area contributed by atoms with Gasteiger partial charge in [-0.05, 0) is 0 Å². The topological polar surface area (TPSA) is 33.0 Å². The van der Waals surface area contributed by atoms with E-state index in [4.69, 9.17) is 15.9 Å². The molecule has 0 aliphatic rings. The lowest BCUT2D eigenvalue weighted by molar-refractivity contribution is 0.604. The minimum Gasteiger partial charge on any atom is -0.335 e. The standard InChI is InChI=1S/CClNOS/c2-5-4-1-3. The van der Waals surface area contributed by atoms with Crippen LogP contribution in [0, 0.1) is 11.5 Å². The summed E-state index contributed by atoms with van der Waals surface area (Å²) in [5.41, 5.74) is 0. The molecule has 0 aromatic carbocycles. The zero-order valence-electron chi connectivity index (χ0n) is 2.14. The molecule has 0 heterocycles. The van der Waals surface area contributed by atoms with Gasteiger partial charge in [0.2, 0.25) is 0 Å². The van der Waals surface area contributed by atoms with E-state index >= 15 is 0 Å². The smallest absolute Gasteiger partial charge is 0.300 e. The van der Waals surface area contributed by atoms with Crippen LogP contribution in [0.5, 0.6) is 0 Å². The highest BCUT2D eigenvalue weighted by molar-refractivity contribution is 8.17. The third-order valence-corrected chi connectivity index (χ3v) is 0.395. The zero-order valence-corrected chi connectivity index (χ0v) is 3.71. The maximum absolute atomic E-state index is 7.49. The summed E-state index contributed by atoms with van der Waals surface area (Å²) >= 11 is 0.513. The van der Waals surface area contributed by atoms with Crippen LogP contribution in [0.25, 0.3) is 0 Å². The van der Waals surface area contributed by atoms with Crippen molar-refractivity contribution in [1.82, 2.24) is 0 Å². The fourth-order valence-corrected chi connectivity index (χ4v) is 0.127. The first-order valence-corrected chi connectivity index (χ1v) is 2.32. The summed E-state index contributed by atoms with van der Waals surface area (Å²) < 4.78 is 3.82. The first-order chi connectivity index (χ1) is 2.41. The van der Waals surface area contributed by atoms with Crippen molar-refractivity contribution >= 4 is 21.9 Å². The van der Waals surface area contributed by atoms with Crippen molar-refractivity contribution in [2.45, 2.75) is 0 Å². The van der Waals surface area contributed by atoms with Crippen LogP contribution < -0.4 is 0 Å². The summed E-state index contributed by atoms with van der Waals surface area (Å²) in [6.07, 6.45) is 1.35. The minimum atomic E-state index is 0.513. The molecule has 0 aromatic heterocycles. The van der Waals surface area contributed by atoms with Gasteiger partial charge in [0.1, 0.15) is 0 Å². The quantitative estimate of drug-likeness (QED) is 0.376. The minimum absolute atomic E-state index is 0.513. The zero-order chi connectivity index (χ0) is 4.12. The molecule has 5 heavy (non-hydrogen) atoms. The largest absolute Gasteiger partial charge is 0.335 e. The summed E-state index contributed by atoms with van der Waals surface area (Å²) in [7, 11) is 4.77. The third kappa shape index (κ3) is 3.93. The molecular weight excluding hydrogens is 110 g/mol. The van der Waals surface area contributed by atoms with Gasteiger partial charge < -0.3 is 4.18 Å². The molecule has 0 fully saturated rings. The van der Waals surface area contributed by atoms with Gasteiger partial charge >= 0.3 is 6.26 Å². The van der Waals surface area contributed by atoms with E-state index in [9.17, 15) is 0 Å². The maximum Gasteiger partial charge on any atom is 0.300 e. The van der Waals surface area contributed by atoms with Gasteiger partial charge in [-0.3, -0.25) is 0 Å². The van der Waals surface area contributed by atoms with E-state index in [2.05, 4.69) is 4.18 Å². The van der Waals surface area contributed by atoms with Gasteiger partial charge in [-0.25, -0.2) is 0 Å². The third-order valence-electron chi connectivity index (χ3n) is 0.0688. The van der Waals surface area contributed by atoms with E-state index in [-0.39, 0.29) is 0 Å². The van der Waals surface area contributed by atoms with Gasteiger partial charge in [-0.1, -0.05) is 0 Å². The van der Waals surface area contributed by atoms with Gasteiger partial charge in [0.05, 0.1) is 0 Å². The molecule has 0 bridgehead atoms. The number of hydrogen-bond donors (Lipinski definition) is 0. The van der Waals surface area contributed by atoms with Crippen molar-refractivity contribution in [2.75, 3.05) is 0 Å². The Hall–Kier alpha value is -0.0700. The van der Waals surface area contributed by atoms with Gasteiger partial charge in [0, 0.05) is 10.7 Å². The van der Waals surface area contributed by atoms with E-state index in [1.165, 1.54) is 6.26 Å². The highest BCUT2D eigenvalue weighted by Gasteiger charge is 1.66. The lowest BCUT2D eigenvalue weighted by atomic mass is 11.6. The van der Waals surface area contributed by atoms with Gasteiger partial charge in [0.15, 0.2) is 11.3 Å². The van der Waals surface area contributed by atoms with E-state index < -0.39 is 0 Å². The monoisotopic (exact) mass is 109 g/mol. The van der Waals surface area contributed by atoms with E-state index in [0.29, 0.717) is 11.3 Å². The normalized spacial score (nSPS) is 5.60. The fraction of sp³-hybridized carbons (Fsp3) is 0. The second kappa shape index (κ2) is 3.93. The van der Waals surface area contributed by atoms with Crippen molar-refractivity contribution in [3.63, 3.8) is 0 Å². The molecule has 0 N–H and O–H groups in total. The summed E-state index contributed by atoms with van der Waals surface area (Å²) in [6.45, 7) is 0. The molecule has 0 atom stereocenters. The van der Waals surface area contributed by atoms with Gasteiger partial charge in [0.25, 0.3) is 0 Å². The molecule has 0 unspecified atom stereocenters. The first-order valence-electron chi connectivity index (χ1n) is 0.749. The summed E-state index contributed by atoms with van der Waals surface area (Å²) in [5.74, 6) is 0. The lowest BCUT2D eigenvalue weighted by Crippen LogP contribution is -1.47. The molecule has 4 heteroatoms. The average molecular weight is 110 g/mol. The van der Waals surface area contributed by atoms with Gasteiger partial charge in [-0.2, -0.15) is 0 Å². The van der Waals surface area contributed by atoms with Gasteiger partial charge in [-0.15, -0.1) is 5.26 Å². The molecular formula is CClNOS. The van der Waals surface area contributed by atoms with Crippen LogP contribution in [0.4, 0.5) is 0 Å². The highest BCUT2D eigenvalue weighted by atomic mass is 35.7. The van der Waals surface area contributed by atoms with Crippen molar-refractivity contribution in [2.24, 2.45) is 0 Å². The molecule has 0 saturated heterocycles.